The maximum atomic E-state index is 5.88. The molecule has 4 nitrogen and oxygen atoms in total. The number of hydrogen-bond acceptors (Lipinski definition) is 4. The molecule has 0 unspecified atom stereocenters. The zero-order valence-corrected chi connectivity index (χ0v) is 11.2. The average Bonchev–Trinajstić information content (AvgIpc) is 2.35. The molecule has 2 heterocycles. The SMILES string of the molecule is CCc1cccnc1CNc1cc(Cl)nc(C)n1. The number of rotatable bonds is 4. The number of pyridine rings is 1. The first kappa shape index (κ1) is 12.8. The summed E-state index contributed by atoms with van der Waals surface area (Å²) < 4.78 is 0. The summed E-state index contributed by atoms with van der Waals surface area (Å²) >= 11 is 5.88. The van der Waals surface area contributed by atoms with Crippen molar-refractivity contribution < 1.29 is 0 Å². The standard InChI is InChI=1S/C13H15ClN4/c1-3-10-5-4-6-15-11(10)8-16-13-7-12(14)17-9(2)18-13/h4-7H,3,8H2,1-2H3,(H,16,17,18). The maximum absolute atomic E-state index is 5.88. The van der Waals surface area contributed by atoms with E-state index in [0.717, 1.165) is 17.9 Å². The molecule has 94 valence electrons. The highest BCUT2D eigenvalue weighted by Crippen LogP contribution is 2.13. The van der Waals surface area contributed by atoms with Gasteiger partial charge in [-0.15, -0.1) is 0 Å². The van der Waals surface area contributed by atoms with Gasteiger partial charge >= 0.3 is 0 Å². The van der Waals surface area contributed by atoms with Crippen LogP contribution in [0.5, 0.6) is 0 Å². The van der Waals surface area contributed by atoms with Crippen molar-refractivity contribution in [2.75, 3.05) is 5.32 Å². The fourth-order valence-corrected chi connectivity index (χ4v) is 1.97. The summed E-state index contributed by atoms with van der Waals surface area (Å²) in [5, 5.41) is 3.67. The lowest BCUT2D eigenvalue weighted by molar-refractivity contribution is 0.953. The molecular weight excluding hydrogens is 248 g/mol. The minimum Gasteiger partial charge on any atom is -0.364 e. The van der Waals surface area contributed by atoms with E-state index in [1.54, 1.807) is 12.3 Å². The summed E-state index contributed by atoms with van der Waals surface area (Å²) in [5.41, 5.74) is 2.27. The molecule has 5 heteroatoms. The fraction of sp³-hybridized carbons (Fsp3) is 0.308. The average molecular weight is 263 g/mol. The minimum atomic E-state index is 0.446. The van der Waals surface area contributed by atoms with Gasteiger partial charge in [0.05, 0.1) is 12.2 Å². The smallest absolute Gasteiger partial charge is 0.134 e. The molecule has 0 saturated carbocycles. The third-order valence-corrected chi connectivity index (χ3v) is 2.80. The van der Waals surface area contributed by atoms with Crippen molar-refractivity contribution in [1.82, 2.24) is 15.0 Å². The van der Waals surface area contributed by atoms with Gasteiger partial charge in [0.1, 0.15) is 16.8 Å². The molecule has 0 spiro atoms. The van der Waals surface area contributed by atoms with Gasteiger partial charge in [0, 0.05) is 12.3 Å². The van der Waals surface area contributed by atoms with E-state index in [1.807, 2.05) is 13.0 Å². The van der Waals surface area contributed by atoms with Crippen molar-refractivity contribution in [3.05, 3.63) is 46.6 Å². The molecule has 18 heavy (non-hydrogen) atoms. The van der Waals surface area contributed by atoms with Gasteiger partial charge in [0.15, 0.2) is 0 Å². The number of halogens is 1. The molecule has 2 aromatic heterocycles. The van der Waals surface area contributed by atoms with Crippen molar-refractivity contribution in [3.8, 4) is 0 Å². The van der Waals surface area contributed by atoms with Crippen LogP contribution in [-0.4, -0.2) is 15.0 Å². The largest absolute Gasteiger partial charge is 0.364 e. The Morgan fingerprint density at radius 3 is 2.89 bits per heavy atom. The first-order valence-electron chi connectivity index (χ1n) is 5.87. The molecular formula is C13H15ClN4. The Kier molecular flexibility index (Phi) is 4.10. The van der Waals surface area contributed by atoms with Crippen molar-refractivity contribution in [2.24, 2.45) is 0 Å². The van der Waals surface area contributed by atoms with E-state index in [9.17, 15) is 0 Å². The summed E-state index contributed by atoms with van der Waals surface area (Å²) in [5.74, 6) is 1.38. The molecule has 0 amide bonds. The molecule has 0 atom stereocenters. The van der Waals surface area contributed by atoms with Gasteiger partial charge in [-0.25, -0.2) is 9.97 Å². The van der Waals surface area contributed by atoms with E-state index < -0.39 is 0 Å². The van der Waals surface area contributed by atoms with E-state index >= 15 is 0 Å². The normalized spacial score (nSPS) is 10.4. The highest BCUT2D eigenvalue weighted by Gasteiger charge is 2.03. The summed E-state index contributed by atoms with van der Waals surface area (Å²) in [6.07, 6.45) is 2.77. The predicted octanol–water partition coefficient (Wildman–Crippen LogP) is 3.01. The van der Waals surface area contributed by atoms with Crippen LogP contribution in [-0.2, 0) is 13.0 Å². The van der Waals surface area contributed by atoms with Gasteiger partial charge in [0.25, 0.3) is 0 Å². The zero-order chi connectivity index (χ0) is 13.0. The summed E-state index contributed by atoms with van der Waals surface area (Å²) in [4.78, 5) is 12.7. The monoisotopic (exact) mass is 262 g/mol. The first-order chi connectivity index (χ1) is 8.69. The van der Waals surface area contributed by atoms with Crippen molar-refractivity contribution in [3.63, 3.8) is 0 Å². The van der Waals surface area contributed by atoms with Crippen LogP contribution >= 0.6 is 11.6 Å². The maximum Gasteiger partial charge on any atom is 0.134 e. The molecule has 0 aliphatic rings. The van der Waals surface area contributed by atoms with Gasteiger partial charge in [-0.1, -0.05) is 24.6 Å². The topological polar surface area (TPSA) is 50.7 Å². The van der Waals surface area contributed by atoms with Gasteiger partial charge in [-0.3, -0.25) is 4.98 Å². The van der Waals surface area contributed by atoms with Crippen LogP contribution in [0.4, 0.5) is 5.82 Å². The summed E-state index contributed by atoms with van der Waals surface area (Å²) in [6, 6.07) is 5.75. The van der Waals surface area contributed by atoms with Gasteiger partial charge in [-0.2, -0.15) is 0 Å². The zero-order valence-electron chi connectivity index (χ0n) is 10.4. The quantitative estimate of drug-likeness (QED) is 0.861. The van der Waals surface area contributed by atoms with E-state index in [4.69, 9.17) is 11.6 Å². The Balaban J connectivity index is 2.11. The lowest BCUT2D eigenvalue weighted by Gasteiger charge is -2.09. The molecule has 0 aliphatic carbocycles. The number of hydrogen-bond donors (Lipinski definition) is 1. The highest BCUT2D eigenvalue weighted by atomic mass is 35.5. The predicted molar refractivity (Wildman–Crippen MR) is 72.7 cm³/mol. The van der Waals surface area contributed by atoms with E-state index in [2.05, 4.69) is 33.3 Å². The number of nitrogens with zero attached hydrogens (tertiary/aromatic N) is 3. The third-order valence-electron chi connectivity index (χ3n) is 2.61. The van der Waals surface area contributed by atoms with Gasteiger partial charge in [-0.05, 0) is 25.0 Å². The van der Waals surface area contributed by atoms with E-state index in [0.29, 0.717) is 17.5 Å². The number of nitrogens with one attached hydrogen (secondary N) is 1. The molecule has 1 N–H and O–H groups in total. The lowest BCUT2D eigenvalue weighted by Crippen LogP contribution is -2.07. The molecule has 0 aromatic carbocycles. The highest BCUT2D eigenvalue weighted by molar-refractivity contribution is 6.29. The lowest BCUT2D eigenvalue weighted by atomic mass is 10.1. The number of aromatic nitrogens is 3. The van der Waals surface area contributed by atoms with Gasteiger partial charge in [0.2, 0.25) is 0 Å². The van der Waals surface area contributed by atoms with Crippen LogP contribution in [0, 0.1) is 6.92 Å². The number of aryl methyl sites for hydroxylation is 2. The van der Waals surface area contributed by atoms with E-state index in [-0.39, 0.29) is 0 Å². The van der Waals surface area contributed by atoms with Crippen LogP contribution in [0.15, 0.2) is 24.4 Å². The molecule has 0 aliphatic heterocycles. The van der Waals surface area contributed by atoms with Crippen molar-refractivity contribution >= 4 is 17.4 Å². The summed E-state index contributed by atoms with van der Waals surface area (Å²) in [6.45, 7) is 4.57. The Morgan fingerprint density at radius 1 is 1.33 bits per heavy atom. The summed E-state index contributed by atoms with van der Waals surface area (Å²) in [7, 11) is 0. The second kappa shape index (κ2) is 5.78. The molecule has 2 rings (SSSR count). The van der Waals surface area contributed by atoms with Crippen LogP contribution < -0.4 is 5.32 Å². The van der Waals surface area contributed by atoms with Crippen LogP contribution in [0.3, 0.4) is 0 Å². The van der Waals surface area contributed by atoms with Crippen LogP contribution in [0.1, 0.15) is 24.0 Å². The number of anilines is 1. The molecule has 0 radical (unpaired) electrons. The van der Waals surface area contributed by atoms with Crippen LogP contribution in [0.2, 0.25) is 5.15 Å². The molecule has 2 aromatic rings. The molecule has 0 bridgehead atoms. The minimum absolute atomic E-state index is 0.446. The second-order valence-corrected chi connectivity index (χ2v) is 4.33. The third kappa shape index (κ3) is 3.17. The van der Waals surface area contributed by atoms with E-state index in [1.165, 1.54) is 5.56 Å². The Bertz CT molecular complexity index is 522. The Labute approximate surface area is 111 Å². The second-order valence-electron chi connectivity index (χ2n) is 3.94. The van der Waals surface area contributed by atoms with Gasteiger partial charge < -0.3 is 5.32 Å². The fourth-order valence-electron chi connectivity index (χ4n) is 1.75. The Hall–Kier alpha value is -1.68. The molecule has 0 saturated heterocycles. The van der Waals surface area contributed by atoms with Crippen molar-refractivity contribution in [2.45, 2.75) is 26.8 Å². The Morgan fingerprint density at radius 2 is 2.17 bits per heavy atom. The van der Waals surface area contributed by atoms with Crippen LogP contribution in [0.25, 0.3) is 0 Å². The molecule has 0 fully saturated rings. The van der Waals surface area contributed by atoms with Crippen molar-refractivity contribution in [1.29, 1.82) is 0 Å². The first-order valence-corrected chi connectivity index (χ1v) is 6.24.